The lowest BCUT2D eigenvalue weighted by atomic mass is 9.59. The molecule has 0 aliphatic heterocycles. The zero-order chi connectivity index (χ0) is 13.5. The molecule has 0 spiro atoms. The molecule has 4 nitrogen and oxygen atoms in total. The fraction of sp³-hybridized carbons (Fsp3) is 0.923. The van der Waals surface area contributed by atoms with Gasteiger partial charge in [-0.25, -0.2) is 0 Å². The predicted octanol–water partition coefficient (Wildman–Crippen LogP) is 2.02. The van der Waals surface area contributed by atoms with Crippen molar-refractivity contribution in [1.29, 1.82) is 0 Å². The van der Waals surface area contributed by atoms with Crippen molar-refractivity contribution in [3.8, 4) is 0 Å². The maximum atomic E-state index is 9.53. The number of aliphatic hydroxyl groups excluding tert-OH is 1. The molecule has 0 heterocycles. The van der Waals surface area contributed by atoms with Crippen LogP contribution >= 0.6 is 0 Å². The smallest absolute Gasteiger partial charge is 0.373 e. The van der Waals surface area contributed by atoms with Crippen LogP contribution in [0.5, 0.6) is 0 Å². The van der Waals surface area contributed by atoms with Crippen molar-refractivity contribution in [1.82, 2.24) is 0 Å². The Morgan fingerprint density at radius 3 is 2.00 bits per heavy atom. The van der Waals surface area contributed by atoms with E-state index >= 15 is 0 Å². The van der Waals surface area contributed by atoms with Gasteiger partial charge in [0.25, 0.3) is 0 Å². The summed E-state index contributed by atoms with van der Waals surface area (Å²) in [6, 6.07) is 0. The summed E-state index contributed by atoms with van der Waals surface area (Å²) in [6.45, 7) is 7.67. The van der Waals surface area contributed by atoms with Gasteiger partial charge in [-0.2, -0.15) is 9.59 Å². The monoisotopic (exact) mass is 244 g/mol. The van der Waals surface area contributed by atoms with Crippen LogP contribution in [0, 0.1) is 10.8 Å². The van der Waals surface area contributed by atoms with E-state index in [9.17, 15) is 5.11 Å². The van der Waals surface area contributed by atoms with Gasteiger partial charge in [0, 0.05) is 7.11 Å². The molecule has 0 atom stereocenters. The van der Waals surface area contributed by atoms with Crippen molar-refractivity contribution in [2.45, 2.75) is 52.6 Å². The SMILES string of the molecule is COCC1(C(C)(C)C)CCC(O)CC1.O=C=O. The van der Waals surface area contributed by atoms with Crippen LogP contribution in [-0.4, -0.2) is 31.1 Å². The Bertz CT molecular complexity index is 241. The minimum Gasteiger partial charge on any atom is -0.393 e. The first-order valence-electron chi connectivity index (χ1n) is 5.99. The lowest BCUT2D eigenvalue weighted by molar-refractivity contribution is -0.191. The van der Waals surface area contributed by atoms with Crippen LogP contribution in [0.3, 0.4) is 0 Å². The Balaban J connectivity index is 0.000000770. The third kappa shape index (κ3) is 4.58. The van der Waals surface area contributed by atoms with Gasteiger partial charge in [0.15, 0.2) is 0 Å². The summed E-state index contributed by atoms with van der Waals surface area (Å²) in [6.07, 6.45) is 4.21. The number of ether oxygens (including phenoxy) is 1. The molecule has 100 valence electrons. The summed E-state index contributed by atoms with van der Waals surface area (Å²) in [5.74, 6) is 0. The van der Waals surface area contributed by atoms with Gasteiger partial charge in [-0.1, -0.05) is 20.8 Å². The molecule has 0 unspecified atom stereocenters. The fourth-order valence-corrected chi connectivity index (χ4v) is 2.54. The third-order valence-electron chi connectivity index (χ3n) is 3.92. The van der Waals surface area contributed by atoms with Gasteiger partial charge >= 0.3 is 6.15 Å². The zero-order valence-corrected chi connectivity index (χ0v) is 11.3. The van der Waals surface area contributed by atoms with Gasteiger partial charge < -0.3 is 9.84 Å². The number of aliphatic hydroxyl groups is 1. The van der Waals surface area contributed by atoms with Crippen molar-refractivity contribution in [2.24, 2.45) is 10.8 Å². The highest BCUT2D eigenvalue weighted by molar-refractivity contribution is 5.20. The summed E-state index contributed by atoms with van der Waals surface area (Å²) < 4.78 is 5.36. The van der Waals surface area contributed by atoms with Gasteiger partial charge in [-0.05, 0) is 36.5 Å². The highest BCUT2D eigenvalue weighted by Gasteiger charge is 2.43. The molecule has 0 aromatic rings. The number of methoxy groups -OCH3 is 1. The van der Waals surface area contributed by atoms with Crippen LogP contribution in [0.2, 0.25) is 0 Å². The minimum absolute atomic E-state index is 0.0812. The maximum Gasteiger partial charge on any atom is 0.373 e. The second kappa shape index (κ2) is 6.90. The van der Waals surface area contributed by atoms with Crippen LogP contribution < -0.4 is 0 Å². The van der Waals surface area contributed by atoms with Crippen LogP contribution in [0.4, 0.5) is 0 Å². The van der Waals surface area contributed by atoms with Crippen molar-refractivity contribution in [3.05, 3.63) is 0 Å². The Kier molecular flexibility index (Phi) is 6.61. The van der Waals surface area contributed by atoms with E-state index in [1.54, 1.807) is 7.11 Å². The van der Waals surface area contributed by atoms with Gasteiger partial charge in [0.05, 0.1) is 12.7 Å². The minimum atomic E-state index is -0.0812. The molecule has 17 heavy (non-hydrogen) atoms. The van der Waals surface area contributed by atoms with Crippen molar-refractivity contribution in [2.75, 3.05) is 13.7 Å². The fourth-order valence-electron chi connectivity index (χ4n) is 2.54. The number of carbonyl (C=O) groups excluding carboxylic acids is 2. The number of hydrogen-bond donors (Lipinski definition) is 1. The number of rotatable bonds is 2. The highest BCUT2D eigenvalue weighted by atomic mass is 16.5. The van der Waals surface area contributed by atoms with E-state index in [-0.39, 0.29) is 23.1 Å². The third-order valence-corrected chi connectivity index (χ3v) is 3.92. The Morgan fingerprint density at radius 1 is 1.29 bits per heavy atom. The highest BCUT2D eigenvalue weighted by Crippen LogP contribution is 2.49. The lowest BCUT2D eigenvalue weighted by Crippen LogP contribution is -2.43. The first kappa shape index (κ1) is 16.3. The standard InChI is InChI=1S/C12H24O2.CO2/c1-11(2,3)12(9-14-4)7-5-10(13)6-8-12;2-1-3/h10,13H,5-9H2,1-4H3;. The molecule has 1 aliphatic rings. The Hall–Kier alpha value is -0.700. The number of hydrogen-bond acceptors (Lipinski definition) is 4. The lowest BCUT2D eigenvalue weighted by Gasteiger charge is -2.48. The van der Waals surface area contributed by atoms with Crippen molar-refractivity contribution in [3.63, 3.8) is 0 Å². The molecular weight excluding hydrogens is 220 g/mol. The van der Waals surface area contributed by atoms with Gasteiger partial charge in [-0.15, -0.1) is 0 Å². The van der Waals surface area contributed by atoms with E-state index in [0.717, 1.165) is 32.3 Å². The van der Waals surface area contributed by atoms with Gasteiger partial charge in [0.1, 0.15) is 0 Å². The summed E-state index contributed by atoms with van der Waals surface area (Å²) >= 11 is 0. The van der Waals surface area contributed by atoms with Gasteiger partial charge in [-0.3, -0.25) is 0 Å². The molecular formula is C13H24O4. The molecule has 4 heteroatoms. The second-order valence-electron chi connectivity index (χ2n) is 5.78. The van der Waals surface area contributed by atoms with Crippen molar-refractivity contribution >= 4 is 6.15 Å². The van der Waals surface area contributed by atoms with Gasteiger partial charge in [0.2, 0.25) is 0 Å². The summed E-state index contributed by atoms with van der Waals surface area (Å²) in [4.78, 5) is 16.2. The summed E-state index contributed by atoms with van der Waals surface area (Å²) in [7, 11) is 1.78. The molecule has 0 aromatic heterocycles. The zero-order valence-electron chi connectivity index (χ0n) is 11.3. The molecule has 1 fully saturated rings. The Morgan fingerprint density at radius 2 is 1.71 bits per heavy atom. The molecule has 0 bridgehead atoms. The molecule has 0 aromatic carbocycles. The normalized spacial score (nSPS) is 28.9. The van der Waals surface area contributed by atoms with Crippen LogP contribution in [0.25, 0.3) is 0 Å². The molecule has 1 N–H and O–H groups in total. The topological polar surface area (TPSA) is 63.6 Å². The molecule has 0 amide bonds. The van der Waals surface area contributed by atoms with E-state index in [0.29, 0.717) is 0 Å². The second-order valence-corrected chi connectivity index (χ2v) is 5.78. The molecule has 0 radical (unpaired) electrons. The average molecular weight is 244 g/mol. The largest absolute Gasteiger partial charge is 0.393 e. The Labute approximate surface area is 103 Å². The molecule has 0 saturated heterocycles. The predicted molar refractivity (Wildman–Crippen MR) is 63.2 cm³/mol. The van der Waals surface area contributed by atoms with Crippen LogP contribution in [0.15, 0.2) is 0 Å². The molecule has 1 aliphatic carbocycles. The average Bonchev–Trinajstić information content (AvgIpc) is 2.21. The van der Waals surface area contributed by atoms with E-state index in [1.807, 2.05) is 0 Å². The first-order valence-corrected chi connectivity index (χ1v) is 5.99. The first-order chi connectivity index (χ1) is 7.83. The van der Waals surface area contributed by atoms with Crippen molar-refractivity contribution < 1.29 is 19.4 Å². The van der Waals surface area contributed by atoms with E-state index in [1.165, 1.54) is 0 Å². The van der Waals surface area contributed by atoms with E-state index in [2.05, 4.69) is 20.8 Å². The van der Waals surface area contributed by atoms with E-state index in [4.69, 9.17) is 14.3 Å². The quantitative estimate of drug-likeness (QED) is 0.807. The summed E-state index contributed by atoms with van der Waals surface area (Å²) in [5, 5.41) is 9.53. The molecule has 1 saturated carbocycles. The van der Waals surface area contributed by atoms with E-state index < -0.39 is 0 Å². The molecule has 1 rings (SSSR count). The van der Waals surface area contributed by atoms with Crippen LogP contribution in [0.1, 0.15) is 46.5 Å². The summed E-state index contributed by atoms with van der Waals surface area (Å²) in [5.41, 5.74) is 0.532. The van der Waals surface area contributed by atoms with Crippen LogP contribution in [-0.2, 0) is 14.3 Å². The maximum absolute atomic E-state index is 9.53.